The van der Waals surface area contributed by atoms with Crippen molar-refractivity contribution in [1.82, 2.24) is 10.2 Å². The Balaban J connectivity index is 1.40. The summed E-state index contributed by atoms with van der Waals surface area (Å²) in [6.07, 6.45) is 5.32. The highest BCUT2D eigenvalue weighted by molar-refractivity contribution is 5.80. The van der Waals surface area contributed by atoms with Crippen molar-refractivity contribution < 1.29 is 23.8 Å². The molecular formula is C23H30N2O5. The number of para-hydroxylation sites is 1. The summed E-state index contributed by atoms with van der Waals surface area (Å²) in [6.45, 7) is 1.89. The van der Waals surface area contributed by atoms with E-state index in [1.54, 1.807) is 0 Å². The van der Waals surface area contributed by atoms with Gasteiger partial charge in [0.15, 0.2) is 0 Å². The summed E-state index contributed by atoms with van der Waals surface area (Å²) in [5, 5.41) is 3.13. The first kappa shape index (κ1) is 19.8. The van der Waals surface area contributed by atoms with Gasteiger partial charge in [0.25, 0.3) is 0 Å². The fourth-order valence-corrected chi connectivity index (χ4v) is 5.59. The van der Waals surface area contributed by atoms with E-state index in [0.717, 1.165) is 31.4 Å². The number of amides is 2. The number of benzene rings is 1. The standard InChI is InChI=1S/C23H30N2O5/c26-21-14-28-15-23(24-21)10-11-25-20(23)13-30-17-7-5-16(6-8-17)18-3-1-2-4-19(18)29-12-9-22(25)27/h1-4,16-17,20H,5-15H2,(H,24,26)/t16?,17?,20-,23?/m0/s1. The predicted octanol–water partition coefficient (Wildman–Crippen LogP) is 2.00. The van der Waals surface area contributed by atoms with Crippen LogP contribution < -0.4 is 10.1 Å². The monoisotopic (exact) mass is 414 g/mol. The molecule has 2 atom stereocenters. The molecule has 4 aliphatic heterocycles. The van der Waals surface area contributed by atoms with Crippen LogP contribution in [-0.4, -0.2) is 67.4 Å². The Hall–Kier alpha value is -2.12. The third kappa shape index (κ3) is 3.69. The molecule has 1 unspecified atom stereocenters. The van der Waals surface area contributed by atoms with Crippen molar-refractivity contribution in [3.05, 3.63) is 29.8 Å². The molecule has 7 nitrogen and oxygen atoms in total. The van der Waals surface area contributed by atoms with Crippen LogP contribution >= 0.6 is 0 Å². The Morgan fingerprint density at radius 3 is 2.77 bits per heavy atom. The van der Waals surface area contributed by atoms with Gasteiger partial charge < -0.3 is 24.4 Å². The van der Waals surface area contributed by atoms with Gasteiger partial charge in [0, 0.05) is 6.54 Å². The Morgan fingerprint density at radius 1 is 1.10 bits per heavy atom. The maximum absolute atomic E-state index is 13.1. The Bertz CT molecular complexity index is 807. The zero-order chi connectivity index (χ0) is 20.6. The molecule has 1 aromatic rings. The molecule has 1 saturated carbocycles. The zero-order valence-electron chi connectivity index (χ0n) is 17.3. The SMILES string of the molecule is O=C1COCC2(CCN3C(=O)CCOc4ccccc4C4CCC(CC4)OC[C@H]32)N1. The lowest BCUT2D eigenvalue weighted by Crippen LogP contribution is -2.65. The van der Waals surface area contributed by atoms with Crippen LogP contribution in [0.3, 0.4) is 0 Å². The van der Waals surface area contributed by atoms with Gasteiger partial charge in [-0.05, 0) is 49.7 Å². The van der Waals surface area contributed by atoms with Crippen LogP contribution in [0.4, 0.5) is 0 Å². The van der Waals surface area contributed by atoms with Crippen molar-refractivity contribution >= 4 is 11.8 Å². The molecule has 5 aliphatic rings. The first-order chi connectivity index (χ1) is 14.6. The molecule has 2 amide bonds. The minimum Gasteiger partial charge on any atom is -0.493 e. The maximum atomic E-state index is 13.1. The van der Waals surface area contributed by atoms with E-state index in [1.807, 2.05) is 17.0 Å². The van der Waals surface area contributed by atoms with Gasteiger partial charge in [0.1, 0.15) is 12.4 Å². The molecule has 1 spiro atoms. The number of ether oxygens (including phenoxy) is 3. The average Bonchev–Trinajstić information content (AvgIpc) is 3.09. The highest BCUT2D eigenvalue weighted by Crippen LogP contribution is 2.39. The molecule has 30 heavy (non-hydrogen) atoms. The molecule has 7 heteroatoms. The van der Waals surface area contributed by atoms with E-state index in [4.69, 9.17) is 14.2 Å². The predicted molar refractivity (Wildman–Crippen MR) is 109 cm³/mol. The second-order valence-corrected chi connectivity index (χ2v) is 8.99. The van der Waals surface area contributed by atoms with Crippen LogP contribution in [0.1, 0.15) is 50.0 Å². The van der Waals surface area contributed by atoms with Crippen LogP contribution in [0.5, 0.6) is 5.75 Å². The van der Waals surface area contributed by atoms with Gasteiger partial charge in [0.05, 0.1) is 43.9 Å². The molecule has 3 fully saturated rings. The largest absolute Gasteiger partial charge is 0.493 e. The summed E-state index contributed by atoms with van der Waals surface area (Å²) in [5.41, 5.74) is 0.702. The van der Waals surface area contributed by atoms with Crippen molar-refractivity contribution in [2.45, 2.75) is 62.1 Å². The number of nitrogens with zero attached hydrogens (tertiary/aromatic N) is 1. The molecule has 4 heterocycles. The fraction of sp³-hybridized carbons (Fsp3) is 0.652. The summed E-state index contributed by atoms with van der Waals surface area (Å²) in [5.74, 6) is 1.30. The topological polar surface area (TPSA) is 77.1 Å². The number of morpholine rings is 1. The van der Waals surface area contributed by atoms with Crippen molar-refractivity contribution in [2.75, 3.05) is 33.0 Å². The van der Waals surface area contributed by atoms with Crippen molar-refractivity contribution in [2.24, 2.45) is 0 Å². The quantitative estimate of drug-likeness (QED) is 0.703. The number of carbonyl (C=O) groups is 2. The Kier molecular flexibility index (Phi) is 5.41. The van der Waals surface area contributed by atoms with Gasteiger partial charge in [-0.3, -0.25) is 9.59 Å². The number of nitrogens with one attached hydrogen (secondary N) is 1. The summed E-state index contributed by atoms with van der Waals surface area (Å²) >= 11 is 0. The van der Waals surface area contributed by atoms with Crippen molar-refractivity contribution in [3.63, 3.8) is 0 Å². The van der Waals surface area contributed by atoms with E-state index < -0.39 is 5.54 Å². The molecule has 0 radical (unpaired) electrons. The van der Waals surface area contributed by atoms with E-state index in [1.165, 1.54) is 5.56 Å². The first-order valence-electron chi connectivity index (χ1n) is 11.2. The zero-order valence-corrected chi connectivity index (χ0v) is 17.3. The summed E-state index contributed by atoms with van der Waals surface area (Å²) < 4.78 is 18.0. The fourth-order valence-electron chi connectivity index (χ4n) is 5.59. The first-order valence-corrected chi connectivity index (χ1v) is 11.2. The molecule has 0 aromatic heterocycles. The maximum Gasteiger partial charge on any atom is 0.246 e. The van der Waals surface area contributed by atoms with E-state index in [0.29, 0.717) is 45.1 Å². The third-order valence-electron chi connectivity index (χ3n) is 7.21. The van der Waals surface area contributed by atoms with Crippen LogP contribution in [0.15, 0.2) is 24.3 Å². The van der Waals surface area contributed by atoms with Gasteiger partial charge in [-0.15, -0.1) is 0 Å². The Morgan fingerprint density at radius 2 is 1.93 bits per heavy atom. The van der Waals surface area contributed by atoms with Gasteiger partial charge in [-0.25, -0.2) is 0 Å². The molecule has 1 aromatic carbocycles. The normalized spacial score (nSPS) is 34.7. The van der Waals surface area contributed by atoms with E-state index in [-0.39, 0.29) is 30.6 Å². The van der Waals surface area contributed by atoms with Crippen molar-refractivity contribution in [1.29, 1.82) is 0 Å². The number of rotatable bonds is 0. The van der Waals surface area contributed by atoms with Gasteiger partial charge in [0.2, 0.25) is 11.8 Å². The molecule has 1 aliphatic carbocycles. The molecule has 162 valence electrons. The number of fused-ring (bicyclic) bond motifs is 6. The number of hydrogen-bond acceptors (Lipinski definition) is 5. The molecule has 1 N–H and O–H groups in total. The van der Waals surface area contributed by atoms with E-state index >= 15 is 0 Å². The van der Waals surface area contributed by atoms with E-state index in [2.05, 4.69) is 17.4 Å². The van der Waals surface area contributed by atoms with Gasteiger partial charge in [-0.1, -0.05) is 18.2 Å². The summed E-state index contributed by atoms with van der Waals surface area (Å²) in [4.78, 5) is 27.0. The lowest BCUT2D eigenvalue weighted by Gasteiger charge is -2.41. The minimum absolute atomic E-state index is 0.0417. The third-order valence-corrected chi connectivity index (χ3v) is 7.21. The lowest BCUT2D eigenvalue weighted by atomic mass is 9.82. The summed E-state index contributed by atoms with van der Waals surface area (Å²) in [7, 11) is 0. The summed E-state index contributed by atoms with van der Waals surface area (Å²) in [6, 6.07) is 8.01. The van der Waals surface area contributed by atoms with E-state index in [9.17, 15) is 9.59 Å². The molecular weight excluding hydrogens is 384 g/mol. The number of hydrogen-bond donors (Lipinski definition) is 1. The lowest BCUT2D eigenvalue weighted by molar-refractivity contribution is -0.143. The second-order valence-electron chi connectivity index (χ2n) is 8.99. The smallest absolute Gasteiger partial charge is 0.246 e. The highest BCUT2D eigenvalue weighted by atomic mass is 16.5. The molecule has 6 rings (SSSR count). The minimum atomic E-state index is -0.549. The van der Waals surface area contributed by atoms with Crippen LogP contribution in [0.25, 0.3) is 0 Å². The Labute approximate surface area is 177 Å². The molecule has 2 bridgehead atoms. The second kappa shape index (κ2) is 8.19. The molecule has 2 saturated heterocycles. The van der Waals surface area contributed by atoms with Crippen LogP contribution in [0, 0.1) is 0 Å². The van der Waals surface area contributed by atoms with Crippen LogP contribution in [0.2, 0.25) is 0 Å². The average molecular weight is 415 g/mol. The van der Waals surface area contributed by atoms with Crippen molar-refractivity contribution in [3.8, 4) is 5.75 Å². The van der Waals surface area contributed by atoms with Gasteiger partial charge in [-0.2, -0.15) is 0 Å². The highest BCUT2D eigenvalue weighted by Gasteiger charge is 2.52. The van der Waals surface area contributed by atoms with Gasteiger partial charge >= 0.3 is 0 Å². The van der Waals surface area contributed by atoms with Crippen LogP contribution in [-0.2, 0) is 19.1 Å². The number of carbonyl (C=O) groups excluding carboxylic acids is 2.